The average Bonchev–Trinajstić information content (AvgIpc) is 2.62. The van der Waals surface area contributed by atoms with Gasteiger partial charge in [0.25, 0.3) is 5.91 Å². The summed E-state index contributed by atoms with van der Waals surface area (Å²) in [5.74, 6) is -1.20. The number of hydrogen-bond donors (Lipinski definition) is 2. The number of piperidine rings is 1. The maximum atomic E-state index is 13.6. The quantitative estimate of drug-likeness (QED) is 0.751. The van der Waals surface area contributed by atoms with Crippen LogP contribution in [0.3, 0.4) is 0 Å². The van der Waals surface area contributed by atoms with Crippen molar-refractivity contribution in [3.05, 3.63) is 58.9 Å². The third-order valence-corrected chi connectivity index (χ3v) is 4.75. The number of rotatable bonds is 3. The Morgan fingerprint density at radius 2 is 1.85 bits per heavy atom. The minimum absolute atomic E-state index is 0.0601. The maximum absolute atomic E-state index is 13.6. The largest absolute Gasteiger partial charge is 0.370 e. The van der Waals surface area contributed by atoms with Crippen LogP contribution >= 0.6 is 23.8 Å². The Balaban J connectivity index is 1.63. The SMILES string of the molecule is O=C(NC(=S)Nc1ccc(N2CCCCC2)c(Cl)c1)c1ccccc1F. The van der Waals surface area contributed by atoms with Gasteiger partial charge in [-0.1, -0.05) is 23.7 Å². The zero-order chi connectivity index (χ0) is 18.5. The molecule has 1 aliphatic heterocycles. The molecule has 4 nitrogen and oxygen atoms in total. The summed E-state index contributed by atoms with van der Waals surface area (Å²) in [4.78, 5) is 14.4. The lowest BCUT2D eigenvalue weighted by molar-refractivity contribution is 0.0974. The van der Waals surface area contributed by atoms with Gasteiger partial charge in [-0.2, -0.15) is 0 Å². The molecule has 0 bridgehead atoms. The van der Waals surface area contributed by atoms with Crippen LogP contribution in [-0.2, 0) is 0 Å². The molecule has 136 valence electrons. The fourth-order valence-electron chi connectivity index (χ4n) is 2.95. The number of halogens is 2. The molecule has 0 aliphatic carbocycles. The summed E-state index contributed by atoms with van der Waals surface area (Å²) >= 11 is 11.5. The van der Waals surface area contributed by atoms with Gasteiger partial charge in [-0.05, 0) is 61.8 Å². The van der Waals surface area contributed by atoms with Crippen molar-refractivity contribution < 1.29 is 9.18 Å². The molecule has 1 fully saturated rings. The number of anilines is 2. The lowest BCUT2D eigenvalue weighted by Crippen LogP contribution is -2.34. The van der Waals surface area contributed by atoms with E-state index in [1.807, 2.05) is 12.1 Å². The van der Waals surface area contributed by atoms with Crippen molar-refractivity contribution in [1.82, 2.24) is 5.32 Å². The minimum atomic E-state index is -0.600. The normalized spacial score (nSPS) is 14.0. The van der Waals surface area contributed by atoms with Crippen molar-refractivity contribution >= 4 is 46.2 Å². The molecule has 7 heteroatoms. The van der Waals surface area contributed by atoms with Gasteiger partial charge in [0.15, 0.2) is 5.11 Å². The maximum Gasteiger partial charge on any atom is 0.260 e. The minimum Gasteiger partial charge on any atom is -0.370 e. The monoisotopic (exact) mass is 391 g/mol. The molecule has 1 amide bonds. The molecule has 0 unspecified atom stereocenters. The van der Waals surface area contributed by atoms with Crippen molar-refractivity contribution in [1.29, 1.82) is 0 Å². The number of hydrogen-bond acceptors (Lipinski definition) is 3. The van der Waals surface area contributed by atoms with E-state index in [9.17, 15) is 9.18 Å². The second-order valence-corrected chi connectivity index (χ2v) is 6.92. The van der Waals surface area contributed by atoms with Crippen LogP contribution in [0.5, 0.6) is 0 Å². The number of benzene rings is 2. The molecule has 3 rings (SSSR count). The van der Waals surface area contributed by atoms with E-state index in [0.29, 0.717) is 10.7 Å². The highest BCUT2D eigenvalue weighted by molar-refractivity contribution is 7.80. The molecule has 0 saturated carbocycles. The van der Waals surface area contributed by atoms with Crippen molar-refractivity contribution in [3.63, 3.8) is 0 Å². The summed E-state index contributed by atoms with van der Waals surface area (Å²) in [6, 6.07) is 11.3. The number of carbonyl (C=O) groups is 1. The Kier molecular flexibility index (Phi) is 6.06. The second kappa shape index (κ2) is 8.47. The third-order valence-electron chi connectivity index (χ3n) is 4.25. The number of thiocarbonyl (C=S) groups is 1. The number of nitrogens with zero attached hydrogens (tertiary/aromatic N) is 1. The molecule has 1 aliphatic rings. The Bertz CT molecular complexity index is 824. The van der Waals surface area contributed by atoms with E-state index in [0.717, 1.165) is 18.8 Å². The van der Waals surface area contributed by atoms with Gasteiger partial charge in [-0.3, -0.25) is 10.1 Å². The Morgan fingerprint density at radius 1 is 1.12 bits per heavy atom. The van der Waals surface area contributed by atoms with Crippen LogP contribution < -0.4 is 15.5 Å². The first-order chi connectivity index (χ1) is 12.5. The zero-order valence-corrected chi connectivity index (χ0v) is 15.7. The van der Waals surface area contributed by atoms with Crippen LogP contribution in [0.1, 0.15) is 29.6 Å². The fraction of sp³-hybridized carbons (Fsp3) is 0.263. The van der Waals surface area contributed by atoms with E-state index in [4.69, 9.17) is 23.8 Å². The Labute approximate surface area is 162 Å². The first-order valence-electron chi connectivity index (χ1n) is 8.46. The first kappa shape index (κ1) is 18.6. The lowest BCUT2D eigenvalue weighted by Gasteiger charge is -2.29. The molecule has 0 aromatic heterocycles. The molecule has 1 saturated heterocycles. The van der Waals surface area contributed by atoms with Crippen LogP contribution in [0.25, 0.3) is 0 Å². The molecule has 2 aromatic rings. The van der Waals surface area contributed by atoms with E-state index in [1.165, 1.54) is 37.5 Å². The van der Waals surface area contributed by atoms with Crippen LogP contribution in [0.2, 0.25) is 5.02 Å². The van der Waals surface area contributed by atoms with Gasteiger partial charge in [-0.15, -0.1) is 0 Å². The smallest absolute Gasteiger partial charge is 0.260 e. The van der Waals surface area contributed by atoms with Crippen molar-refractivity contribution in [2.24, 2.45) is 0 Å². The van der Waals surface area contributed by atoms with Crippen LogP contribution in [0.4, 0.5) is 15.8 Å². The van der Waals surface area contributed by atoms with E-state index in [1.54, 1.807) is 12.1 Å². The molecule has 0 atom stereocenters. The Hall–Kier alpha value is -2.18. The number of carbonyl (C=O) groups excluding carboxylic acids is 1. The predicted molar refractivity (Wildman–Crippen MR) is 108 cm³/mol. The van der Waals surface area contributed by atoms with E-state index < -0.39 is 11.7 Å². The summed E-state index contributed by atoms with van der Waals surface area (Å²) in [5.41, 5.74) is 1.60. The summed E-state index contributed by atoms with van der Waals surface area (Å²) in [6.45, 7) is 2.01. The van der Waals surface area contributed by atoms with E-state index in [-0.39, 0.29) is 10.7 Å². The molecule has 0 radical (unpaired) electrons. The van der Waals surface area contributed by atoms with Crippen LogP contribution in [0, 0.1) is 5.82 Å². The number of nitrogens with one attached hydrogen (secondary N) is 2. The van der Waals surface area contributed by atoms with Crippen molar-refractivity contribution in [2.75, 3.05) is 23.3 Å². The predicted octanol–water partition coefficient (Wildman–Crippen LogP) is 4.60. The first-order valence-corrected chi connectivity index (χ1v) is 9.24. The molecule has 0 spiro atoms. The molecule has 2 N–H and O–H groups in total. The summed E-state index contributed by atoms with van der Waals surface area (Å²) in [5, 5.41) is 6.09. The van der Waals surface area contributed by atoms with Crippen molar-refractivity contribution in [2.45, 2.75) is 19.3 Å². The standard InChI is InChI=1S/C19H19ClFN3OS/c20-15-12-13(8-9-17(15)24-10-4-1-5-11-24)22-19(26)23-18(25)14-6-2-3-7-16(14)21/h2-3,6-9,12H,1,4-5,10-11H2,(H2,22,23,25,26). The summed E-state index contributed by atoms with van der Waals surface area (Å²) < 4.78 is 13.6. The average molecular weight is 392 g/mol. The fourth-order valence-corrected chi connectivity index (χ4v) is 3.46. The highest BCUT2D eigenvalue weighted by Crippen LogP contribution is 2.30. The van der Waals surface area contributed by atoms with E-state index >= 15 is 0 Å². The zero-order valence-electron chi connectivity index (χ0n) is 14.1. The van der Waals surface area contributed by atoms with Gasteiger partial charge in [0.1, 0.15) is 5.82 Å². The second-order valence-electron chi connectivity index (χ2n) is 6.10. The van der Waals surface area contributed by atoms with Gasteiger partial charge in [0.05, 0.1) is 16.3 Å². The molecule has 2 aromatic carbocycles. The van der Waals surface area contributed by atoms with Gasteiger partial charge >= 0.3 is 0 Å². The molecule has 26 heavy (non-hydrogen) atoms. The third kappa shape index (κ3) is 4.51. The van der Waals surface area contributed by atoms with Crippen molar-refractivity contribution in [3.8, 4) is 0 Å². The topological polar surface area (TPSA) is 44.4 Å². The molecular formula is C19H19ClFN3OS. The van der Waals surface area contributed by atoms with Gasteiger partial charge in [0, 0.05) is 18.8 Å². The Morgan fingerprint density at radius 3 is 2.54 bits per heavy atom. The lowest BCUT2D eigenvalue weighted by atomic mass is 10.1. The summed E-state index contributed by atoms with van der Waals surface area (Å²) in [7, 11) is 0. The highest BCUT2D eigenvalue weighted by Gasteiger charge is 2.15. The molecule has 1 heterocycles. The van der Waals surface area contributed by atoms with Gasteiger partial charge in [-0.25, -0.2) is 4.39 Å². The number of amides is 1. The van der Waals surface area contributed by atoms with Gasteiger partial charge < -0.3 is 10.2 Å². The van der Waals surface area contributed by atoms with Crippen LogP contribution in [-0.4, -0.2) is 24.1 Å². The highest BCUT2D eigenvalue weighted by atomic mass is 35.5. The van der Waals surface area contributed by atoms with Gasteiger partial charge in [0.2, 0.25) is 0 Å². The summed E-state index contributed by atoms with van der Waals surface area (Å²) in [6.07, 6.45) is 3.59. The van der Waals surface area contributed by atoms with E-state index in [2.05, 4.69) is 15.5 Å². The van der Waals surface area contributed by atoms with Crippen LogP contribution in [0.15, 0.2) is 42.5 Å². The molecular weight excluding hydrogens is 373 g/mol.